The Labute approximate surface area is 204 Å². The molecule has 1 saturated heterocycles. The minimum Gasteiger partial charge on any atom is -0.458 e. The smallest absolute Gasteiger partial charge is 0.411 e. The van der Waals surface area contributed by atoms with E-state index in [9.17, 15) is 19.2 Å². The fourth-order valence-electron chi connectivity index (χ4n) is 4.40. The fraction of sp³-hybridized carbons (Fsp3) is 0.769. The lowest BCUT2D eigenvalue weighted by Crippen LogP contribution is -2.60. The summed E-state index contributed by atoms with van der Waals surface area (Å²) in [5.74, 6) is -1.74. The minimum atomic E-state index is -0.983. The molecule has 0 saturated carbocycles. The SMILES string of the molecule is C/C=C\[C@@H]1C[C@H](C(=O)OC(C)(C)C)N(C(=O)OC(C)(C)C)[C@H]1[C@@H](NC(C)=O)C(=O)C(CC)CC. The van der Waals surface area contributed by atoms with Crippen LogP contribution in [0.5, 0.6) is 0 Å². The van der Waals surface area contributed by atoms with Gasteiger partial charge in [-0.05, 0) is 67.7 Å². The standard InChI is InChI=1S/C26H44N2O6/c1-11-14-18-15-19(23(31)33-25(5,6)7)28(24(32)34-26(8,9)10)21(18)20(27-16(4)29)22(30)17(12-2)13-3/h11,14,17-21H,12-13,15H2,1-10H3,(H,27,29)/b14-11-/t18-,19-,20-,21-/m1/s1. The van der Waals surface area contributed by atoms with Crippen LogP contribution >= 0.6 is 0 Å². The van der Waals surface area contributed by atoms with Crippen molar-refractivity contribution >= 4 is 23.8 Å². The number of carbonyl (C=O) groups excluding carboxylic acids is 4. The van der Waals surface area contributed by atoms with E-state index >= 15 is 0 Å². The van der Waals surface area contributed by atoms with Crippen molar-refractivity contribution in [2.45, 2.75) is 118 Å². The van der Waals surface area contributed by atoms with Crippen LogP contribution in [0.1, 0.15) is 88.5 Å². The molecule has 194 valence electrons. The molecule has 4 atom stereocenters. The second-order valence-corrected chi connectivity index (χ2v) is 10.9. The van der Waals surface area contributed by atoms with E-state index in [4.69, 9.17) is 9.47 Å². The molecule has 34 heavy (non-hydrogen) atoms. The van der Waals surface area contributed by atoms with E-state index in [-0.39, 0.29) is 29.9 Å². The van der Waals surface area contributed by atoms with Crippen LogP contribution in [0.3, 0.4) is 0 Å². The van der Waals surface area contributed by atoms with Gasteiger partial charge < -0.3 is 14.8 Å². The van der Waals surface area contributed by atoms with Crippen molar-refractivity contribution in [3.63, 3.8) is 0 Å². The van der Waals surface area contributed by atoms with E-state index < -0.39 is 41.4 Å². The van der Waals surface area contributed by atoms with Crippen LogP contribution in [0.25, 0.3) is 0 Å². The van der Waals surface area contributed by atoms with Gasteiger partial charge in [0.25, 0.3) is 0 Å². The number of esters is 1. The molecule has 8 nitrogen and oxygen atoms in total. The van der Waals surface area contributed by atoms with Crippen LogP contribution in [0, 0.1) is 11.8 Å². The molecule has 0 unspecified atom stereocenters. The van der Waals surface area contributed by atoms with Crippen LogP contribution in [0.15, 0.2) is 12.2 Å². The highest BCUT2D eigenvalue weighted by molar-refractivity contribution is 5.92. The normalized spacial score (nSPS) is 22.1. The number of Topliss-reactive ketones (excluding diaryl/α,β-unsaturated/α-hetero) is 1. The number of hydrogen-bond donors (Lipinski definition) is 1. The zero-order chi connectivity index (χ0) is 26.4. The van der Waals surface area contributed by atoms with Crippen molar-refractivity contribution in [1.29, 1.82) is 0 Å². The number of allylic oxidation sites excluding steroid dienone is 1. The third-order valence-electron chi connectivity index (χ3n) is 5.71. The van der Waals surface area contributed by atoms with Gasteiger partial charge in [0.2, 0.25) is 5.91 Å². The third kappa shape index (κ3) is 8.13. The second-order valence-electron chi connectivity index (χ2n) is 10.9. The Morgan fingerprint density at radius 3 is 1.94 bits per heavy atom. The first kappa shape index (κ1) is 29.7. The lowest BCUT2D eigenvalue weighted by Gasteiger charge is -2.37. The van der Waals surface area contributed by atoms with E-state index in [2.05, 4.69) is 5.32 Å². The quantitative estimate of drug-likeness (QED) is 0.408. The number of hydrogen-bond acceptors (Lipinski definition) is 6. The highest BCUT2D eigenvalue weighted by Gasteiger charge is 2.53. The van der Waals surface area contributed by atoms with Crippen molar-refractivity contribution in [1.82, 2.24) is 10.2 Å². The Balaban J connectivity index is 3.66. The number of likely N-dealkylation sites (tertiary alicyclic amines) is 1. The highest BCUT2D eigenvalue weighted by atomic mass is 16.6. The van der Waals surface area contributed by atoms with Gasteiger partial charge >= 0.3 is 12.1 Å². The topological polar surface area (TPSA) is 102 Å². The van der Waals surface area contributed by atoms with Crippen molar-refractivity contribution in [2.24, 2.45) is 11.8 Å². The molecule has 0 spiro atoms. The summed E-state index contributed by atoms with van der Waals surface area (Å²) < 4.78 is 11.3. The zero-order valence-electron chi connectivity index (χ0n) is 22.6. The summed E-state index contributed by atoms with van der Waals surface area (Å²) in [7, 11) is 0. The predicted octanol–water partition coefficient (Wildman–Crippen LogP) is 4.41. The molecule has 1 N–H and O–H groups in total. The monoisotopic (exact) mass is 480 g/mol. The Morgan fingerprint density at radius 1 is 1.00 bits per heavy atom. The molecular formula is C26H44N2O6. The van der Waals surface area contributed by atoms with Crippen LogP contribution in [0.2, 0.25) is 0 Å². The van der Waals surface area contributed by atoms with Crippen molar-refractivity contribution in [2.75, 3.05) is 0 Å². The lowest BCUT2D eigenvalue weighted by atomic mass is 9.84. The fourth-order valence-corrected chi connectivity index (χ4v) is 4.40. The molecule has 2 amide bonds. The highest BCUT2D eigenvalue weighted by Crippen LogP contribution is 2.37. The Morgan fingerprint density at radius 2 is 1.53 bits per heavy atom. The molecule has 0 radical (unpaired) electrons. The van der Waals surface area contributed by atoms with Gasteiger partial charge in [-0.25, -0.2) is 9.59 Å². The number of rotatable bonds is 8. The maximum Gasteiger partial charge on any atom is 0.411 e. The molecule has 0 aromatic rings. The van der Waals surface area contributed by atoms with E-state index in [1.165, 1.54) is 11.8 Å². The molecule has 0 aromatic carbocycles. The van der Waals surface area contributed by atoms with Crippen LogP contribution < -0.4 is 5.32 Å². The average molecular weight is 481 g/mol. The number of ether oxygens (including phenoxy) is 2. The van der Waals surface area contributed by atoms with Crippen LogP contribution in [-0.2, 0) is 23.9 Å². The average Bonchev–Trinajstić information content (AvgIpc) is 3.04. The van der Waals surface area contributed by atoms with E-state index in [1.54, 1.807) is 41.5 Å². The van der Waals surface area contributed by atoms with Gasteiger partial charge in [-0.3, -0.25) is 14.5 Å². The maximum atomic E-state index is 13.6. The first-order valence-corrected chi connectivity index (χ1v) is 12.2. The minimum absolute atomic E-state index is 0.155. The van der Waals surface area contributed by atoms with Gasteiger partial charge in [-0.1, -0.05) is 26.0 Å². The van der Waals surface area contributed by atoms with Gasteiger partial charge in [0.15, 0.2) is 5.78 Å². The number of ketones is 1. The van der Waals surface area contributed by atoms with Crippen molar-refractivity contribution in [3.05, 3.63) is 12.2 Å². The first-order valence-electron chi connectivity index (χ1n) is 12.2. The summed E-state index contributed by atoms with van der Waals surface area (Å²) in [6.07, 6.45) is 4.46. The second kappa shape index (κ2) is 11.8. The van der Waals surface area contributed by atoms with Gasteiger partial charge in [-0.15, -0.1) is 0 Å². The zero-order valence-corrected chi connectivity index (χ0v) is 22.6. The summed E-state index contributed by atoms with van der Waals surface area (Å²) >= 11 is 0. The molecule has 0 aromatic heterocycles. The molecule has 0 aliphatic carbocycles. The van der Waals surface area contributed by atoms with Crippen molar-refractivity contribution in [3.8, 4) is 0 Å². The molecule has 8 heteroatoms. The number of nitrogens with one attached hydrogen (secondary N) is 1. The van der Waals surface area contributed by atoms with Crippen LogP contribution in [0.4, 0.5) is 4.79 Å². The largest absolute Gasteiger partial charge is 0.458 e. The maximum absolute atomic E-state index is 13.6. The van der Waals surface area contributed by atoms with Gasteiger partial charge in [0, 0.05) is 18.8 Å². The van der Waals surface area contributed by atoms with Gasteiger partial charge in [0.05, 0.1) is 6.04 Å². The number of amides is 2. The third-order valence-corrected chi connectivity index (χ3v) is 5.71. The Bertz CT molecular complexity index is 773. The summed E-state index contributed by atoms with van der Waals surface area (Å²) in [6, 6.07) is -2.73. The van der Waals surface area contributed by atoms with Gasteiger partial charge in [-0.2, -0.15) is 0 Å². The summed E-state index contributed by atoms with van der Waals surface area (Å²) in [6.45, 7) is 17.5. The van der Waals surface area contributed by atoms with Gasteiger partial charge in [0.1, 0.15) is 23.3 Å². The van der Waals surface area contributed by atoms with E-state index in [1.807, 2.05) is 32.9 Å². The molecule has 1 aliphatic heterocycles. The predicted molar refractivity (Wildman–Crippen MR) is 131 cm³/mol. The Kier molecular flexibility index (Phi) is 10.3. The molecule has 0 bridgehead atoms. The lowest BCUT2D eigenvalue weighted by molar-refractivity contribution is -0.161. The van der Waals surface area contributed by atoms with Crippen molar-refractivity contribution < 1.29 is 28.7 Å². The molecule has 1 rings (SSSR count). The summed E-state index contributed by atoms with van der Waals surface area (Å²) in [5.41, 5.74) is -1.57. The number of nitrogens with zero attached hydrogens (tertiary/aromatic N) is 1. The first-order chi connectivity index (χ1) is 15.6. The van der Waals surface area contributed by atoms with Crippen LogP contribution in [-0.4, -0.2) is 58.0 Å². The molecule has 1 fully saturated rings. The molecular weight excluding hydrogens is 436 g/mol. The summed E-state index contributed by atoms with van der Waals surface area (Å²) in [4.78, 5) is 53.8. The molecule has 1 heterocycles. The summed E-state index contributed by atoms with van der Waals surface area (Å²) in [5, 5.41) is 2.79. The van der Waals surface area contributed by atoms with E-state index in [0.29, 0.717) is 12.8 Å². The molecule has 1 aliphatic rings. The Hall–Kier alpha value is -2.38. The van der Waals surface area contributed by atoms with E-state index in [0.717, 1.165) is 0 Å². The number of carbonyl (C=O) groups is 4.